The van der Waals surface area contributed by atoms with Crippen LogP contribution in [0.5, 0.6) is 28.7 Å². The van der Waals surface area contributed by atoms with Crippen LogP contribution in [-0.2, 0) is 60.7 Å². The number of benzene rings is 5. The van der Waals surface area contributed by atoms with Gasteiger partial charge in [-0.1, -0.05) is 57.0 Å². The number of alkyl halides is 17. The van der Waals surface area contributed by atoms with E-state index in [9.17, 15) is 103 Å². The Balaban J connectivity index is 0.000000183. The molecule has 0 saturated carbocycles. The van der Waals surface area contributed by atoms with Gasteiger partial charge in [0.2, 0.25) is 16.8 Å². The van der Waals surface area contributed by atoms with Gasteiger partial charge in [0.25, 0.3) is 41.4 Å². The van der Waals surface area contributed by atoms with Gasteiger partial charge in [0.1, 0.15) is 47.8 Å². The molecule has 4 aromatic heterocycles. The van der Waals surface area contributed by atoms with Gasteiger partial charge in [0.05, 0.1) is 87.7 Å². The van der Waals surface area contributed by atoms with Gasteiger partial charge in [-0.05, 0) is 166 Å². The molecule has 0 aliphatic carbocycles. The molecule has 0 N–H and O–H groups in total. The fourth-order valence-corrected chi connectivity index (χ4v) is 19.1. The lowest BCUT2D eigenvalue weighted by atomic mass is 9.79. The minimum atomic E-state index is -4.85. The number of piperazine rings is 3. The highest BCUT2D eigenvalue weighted by molar-refractivity contribution is 5.99. The second kappa shape index (κ2) is 46.8. The summed E-state index contributed by atoms with van der Waals surface area (Å²) < 4.78 is 274. The first-order valence-electron chi connectivity index (χ1n) is 47.3. The minimum absolute atomic E-state index is 0.0185. The molecular weight excluding hydrogens is 1940 g/mol. The van der Waals surface area contributed by atoms with Crippen LogP contribution in [0.2, 0.25) is 0 Å². The molecule has 6 aliphatic heterocycles. The molecule has 0 spiro atoms. The van der Waals surface area contributed by atoms with Gasteiger partial charge in [-0.25, -0.2) is 13.8 Å². The van der Waals surface area contributed by atoms with Crippen molar-refractivity contribution in [2.75, 3.05) is 160 Å². The van der Waals surface area contributed by atoms with Crippen molar-refractivity contribution in [3.63, 3.8) is 0 Å². The summed E-state index contributed by atoms with van der Waals surface area (Å²) in [7, 11) is 3.15. The van der Waals surface area contributed by atoms with Gasteiger partial charge in [-0.2, -0.15) is 65.9 Å². The Bertz CT molecular complexity index is 5610. The number of ether oxygens (including phenoxy) is 7. The molecule has 780 valence electrons. The Labute approximate surface area is 825 Å². The van der Waals surface area contributed by atoms with Crippen LogP contribution >= 0.6 is 0 Å². The van der Waals surface area contributed by atoms with Crippen molar-refractivity contribution in [2.45, 2.75) is 151 Å². The van der Waals surface area contributed by atoms with E-state index in [0.717, 1.165) is 139 Å². The third kappa shape index (κ3) is 26.0. The maximum Gasteiger partial charge on any atom is 0.417 e. The van der Waals surface area contributed by atoms with Crippen LogP contribution in [0.3, 0.4) is 0 Å². The zero-order chi connectivity index (χ0) is 104. The second-order valence-electron chi connectivity index (χ2n) is 35.6. The number of pyridine rings is 4. The number of aromatic nitrogens is 4. The molecule has 6 aliphatic rings. The van der Waals surface area contributed by atoms with Gasteiger partial charge in [0.15, 0.2) is 0 Å². The topological polar surface area (TPSA) is 248 Å². The average molecular weight is 2050 g/mol. The summed E-state index contributed by atoms with van der Waals surface area (Å²) in [5.74, 6) is -5.40. The fourth-order valence-electron chi connectivity index (χ4n) is 19.1. The van der Waals surface area contributed by atoms with Crippen LogP contribution in [0.15, 0.2) is 201 Å². The van der Waals surface area contributed by atoms with E-state index in [1.165, 1.54) is 20.9 Å². The number of nitrogens with zero attached hydrogens (tertiary/aromatic N) is 13. The Kier molecular flexibility index (Phi) is 35.1. The van der Waals surface area contributed by atoms with Crippen LogP contribution < -0.4 is 38.4 Å². The lowest BCUT2D eigenvalue weighted by molar-refractivity contribution is -0.160. The number of halogens is 17. The number of methoxy groups -OCH3 is 2. The van der Waals surface area contributed by atoms with Crippen molar-refractivity contribution in [1.82, 2.24) is 49.3 Å². The average Bonchev–Trinajstić information content (AvgIpc) is 0.738. The zero-order valence-electron chi connectivity index (χ0n) is 80.0. The van der Waals surface area contributed by atoms with E-state index < -0.39 is 146 Å². The van der Waals surface area contributed by atoms with Gasteiger partial charge >= 0.3 is 30.9 Å². The number of amides is 6. The molecule has 10 heterocycles. The summed E-state index contributed by atoms with van der Waals surface area (Å²) in [6, 6.07) is 32.7. The number of hydrogen-bond donors (Lipinski definition) is 0. The summed E-state index contributed by atoms with van der Waals surface area (Å²) >= 11 is 0. The highest BCUT2D eigenvalue weighted by Gasteiger charge is 2.59. The van der Waals surface area contributed by atoms with Crippen molar-refractivity contribution in [2.24, 2.45) is 0 Å². The lowest BCUT2D eigenvalue weighted by Crippen LogP contribution is -2.69. The molecule has 43 heteroatoms. The molecule has 5 aromatic carbocycles. The quantitative estimate of drug-likeness (QED) is 0.0326. The Morgan fingerprint density at radius 2 is 0.717 bits per heavy atom. The largest absolute Gasteiger partial charge is 0.489 e. The van der Waals surface area contributed by atoms with Gasteiger partial charge in [0, 0.05) is 181 Å². The highest BCUT2D eigenvalue weighted by Crippen LogP contribution is 2.47. The molecule has 145 heavy (non-hydrogen) atoms. The predicted molar refractivity (Wildman–Crippen MR) is 498 cm³/mol. The third-order valence-electron chi connectivity index (χ3n) is 26.1. The molecule has 9 aromatic rings. The minimum Gasteiger partial charge on any atom is -0.489 e. The smallest absolute Gasteiger partial charge is 0.417 e. The summed E-state index contributed by atoms with van der Waals surface area (Å²) in [6.07, 6.45) is -13.8. The SMILES string of the molecule is CC(F)(F)c1ccncc1C(=O)N1CCCC(Oc2ccc(C(F)(F)F)cc2)(C(=O)N2CCN(c3ccccn3)CC2)C1.CCCC1N(C(=O)c2cnccc2C(F)(F)F)CCC[C@@]1(Oc1ccc(C(F)(F)F)cc1)C(=O)N1CCN(c2ccccc2OCCOC)CC1.CCCC1N(C(=O)c2cnccc2C(F)(F)F)CCC[C@@]1(Oc1ccc(C(F)(F)F)cc1)C(=O)N1CCN(c2ccccc2OCCOC)CC1. The van der Waals surface area contributed by atoms with E-state index in [1.54, 1.807) is 55.0 Å². The number of para-hydroxylation sites is 4. The number of anilines is 3. The number of piperidine rings is 3. The molecule has 0 bridgehead atoms. The first-order valence-corrected chi connectivity index (χ1v) is 47.3. The first-order chi connectivity index (χ1) is 69.0. The molecule has 26 nitrogen and oxygen atoms in total. The van der Waals surface area contributed by atoms with Crippen LogP contribution in [0.1, 0.15) is 149 Å². The maximum atomic E-state index is 14.8. The number of likely N-dealkylation sites (tertiary alicyclic amines) is 3. The van der Waals surface area contributed by atoms with Gasteiger partial charge in [-0.15, -0.1) is 0 Å². The number of hydrogen-bond acceptors (Lipinski definition) is 20. The normalized spacial score (nSPS) is 19.9. The van der Waals surface area contributed by atoms with Crippen molar-refractivity contribution < 1.29 is 137 Å². The number of carbonyl (C=O) groups is 6. The van der Waals surface area contributed by atoms with Crippen LogP contribution in [0.25, 0.3) is 0 Å². The summed E-state index contributed by atoms with van der Waals surface area (Å²) in [5.41, 5.74) is -10.8. The molecule has 0 radical (unpaired) electrons. The van der Waals surface area contributed by atoms with Crippen LogP contribution in [0, 0.1) is 0 Å². The van der Waals surface area contributed by atoms with E-state index in [1.807, 2.05) is 65.6 Å². The van der Waals surface area contributed by atoms with Crippen LogP contribution in [-0.4, -0.2) is 259 Å². The lowest BCUT2D eigenvalue weighted by Gasteiger charge is -2.51. The second-order valence-corrected chi connectivity index (χ2v) is 35.6. The van der Waals surface area contributed by atoms with E-state index in [2.05, 4.69) is 29.7 Å². The van der Waals surface area contributed by atoms with E-state index in [4.69, 9.17) is 33.2 Å². The standard InChI is InChI=1S/2C36H40F6N4O5.C30H30F5N5O3/c2*1-3-7-31-34(51-26-12-10-25(11-13-26)35(37,38)39,15-6-17-46(31)32(47)27-24-43-16-14-28(27)36(40,41)42)33(48)45-20-18-44(19-21-45)29-8-4-5-9-30(29)50-23-22-49-2;1-28(31,32)24-10-13-36-19-23(24)26(41)40-14-4-11-29(20-40,43-22-8-6-21(7-9-22)30(33,34)35)27(42)39-17-15-38(16-18-39)25-5-2-3-12-37-25/h2*4-5,8-14,16,24,31H,3,6-7,15,17-23H2,1-2H3;2-3,5-10,12-13,19H,4,11,14-18,20H2,1H3/t2*31?,34-;/m00./s1. The molecule has 15 rings (SSSR count). The molecule has 6 fully saturated rings. The monoisotopic (exact) mass is 2050 g/mol. The molecule has 6 amide bonds. The van der Waals surface area contributed by atoms with Gasteiger partial charge < -0.3 is 77.3 Å². The number of rotatable bonds is 28. The summed E-state index contributed by atoms with van der Waals surface area (Å²) in [4.78, 5) is 116. The zero-order valence-corrected chi connectivity index (χ0v) is 80.0. The van der Waals surface area contributed by atoms with E-state index in [-0.39, 0.29) is 120 Å². The summed E-state index contributed by atoms with van der Waals surface area (Å²) in [5, 5.41) is 0. The fraction of sp³-hybridized carbons (Fsp3) is 0.451. The molecule has 6 saturated heterocycles. The Hall–Kier alpha value is -13.4. The Morgan fingerprint density at radius 1 is 0.359 bits per heavy atom. The van der Waals surface area contributed by atoms with Crippen LogP contribution in [0.4, 0.5) is 91.8 Å². The van der Waals surface area contributed by atoms with Gasteiger partial charge in [-0.3, -0.25) is 43.7 Å². The van der Waals surface area contributed by atoms with Crippen molar-refractivity contribution >= 4 is 52.6 Å². The molecule has 5 atom stereocenters. The predicted octanol–water partition coefficient (Wildman–Crippen LogP) is 18.4. The van der Waals surface area contributed by atoms with Crippen molar-refractivity contribution in [3.05, 3.63) is 251 Å². The van der Waals surface area contributed by atoms with Crippen molar-refractivity contribution in [3.8, 4) is 28.7 Å². The van der Waals surface area contributed by atoms with Crippen molar-refractivity contribution in [1.29, 1.82) is 0 Å². The third-order valence-corrected chi connectivity index (χ3v) is 26.1. The van der Waals surface area contributed by atoms with E-state index in [0.29, 0.717) is 116 Å². The molecular formula is C102H110F17N13O13. The summed E-state index contributed by atoms with van der Waals surface area (Å²) in [6.45, 7) is 9.86. The Morgan fingerprint density at radius 3 is 1.08 bits per heavy atom. The maximum absolute atomic E-state index is 14.8. The molecule has 3 unspecified atom stereocenters. The first kappa shape index (κ1) is 109. The highest BCUT2D eigenvalue weighted by atomic mass is 19.4. The number of carbonyl (C=O) groups excluding carboxylic acids is 6. The van der Waals surface area contributed by atoms with E-state index >= 15 is 0 Å².